The van der Waals surface area contributed by atoms with Crippen LogP contribution in [0.1, 0.15) is 10.5 Å². The van der Waals surface area contributed by atoms with Gasteiger partial charge in [-0.25, -0.2) is 9.50 Å². The van der Waals surface area contributed by atoms with Crippen molar-refractivity contribution in [1.82, 2.24) is 24.4 Å². The molecule has 2 aromatic heterocycles. The number of aromatic nitrogens is 3. The van der Waals surface area contributed by atoms with Gasteiger partial charge in [0.05, 0.1) is 6.20 Å². The molecule has 0 aromatic carbocycles. The minimum atomic E-state index is -0.0460. The molecule has 100 valence electrons. The Morgan fingerprint density at radius 2 is 2.00 bits per heavy atom. The Bertz CT molecular complexity index is 618. The molecule has 1 amide bonds. The summed E-state index contributed by atoms with van der Waals surface area (Å²) in [4.78, 5) is 20.7. The zero-order chi connectivity index (χ0) is 13.4. The molecule has 6 nitrogen and oxygen atoms in total. The number of nitrogens with zero attached hydrogens (tertiary/aromatic N) is 5. The number of carbonyl (C=O) groups excluding carboxylic acids is 1. The first-order chi connectivity index (χ1) is 9.15. The number of amides is 1. The van der Waals surface area contributed by atoms with E-state index in [4.69, 9.17) is 11.6 Å². The Balaban J connectivity index is 1.91. The van der Waals surface area contributed by atoms with Crippen LogP contribution < -0.4 is 0 Å². The molecule has 3 rings (SSSR count). The predicted molar refractivity (Wildman–Crippen MR) is 71.4 cm³/mol. The maximum Gasteiger partial charge on any atom is 0.274 e. The largest absolute Gasteiger partial charge is 0.335 e. The van der Waals surface area contributed by atoms with Crippen LogP contribution in [0.15, 0.2) is 18.3 Å². The molecule has 1 aliphatic rings. The minimum Gasteiger partial charge on any atom is -0.335 e. The molecule has 0 bridgehead atoms. The summed E-state index contributed by atoms with van der Waals surface area (Å²) < 4.78 is 1.50. The summed E-state index contributed by atoms with van der Waals surface area (Å²) in [6.07, 6.45) is 1.55. The van der Waals surface area contributed by atoms with Crippen LogP contribution in [0.4, 0.5) is 0 Å². The first-order valence-electron chi connectivity index (χ1n) is 6.13. The molecule has 0 N–H and O–H groups in total. The van der Waals surface area contributed by atoms with Crippen LogP contribution in [0.25, 0.3) is 5.65 Å². The maximum absolute atomic E-state index is 12.5. The third kappa shape index (κ3) is 2.29. The van der Waals surface area contributed by atoms with Crippen LogP contribution in [0, 0.1) is 0 Å². The fourth-order valence-corrected chi connectivity index (χ4v) is 2.31. The van der Waals surface area contributed by atoms with Gasteiger partial charge in [0, 0.05) is 26.2 Å². The molecular formula is C12H14ClN5O. The van der Waals surface area contributed by atoms with E-state index in [0.717, 1.165) is 26.2 Å². The van der Waals surface area contributed by atoms with Crippen molar-refractivity contribution in [3.63, 3.8) is 0 Å². The molecule has 19 heavy (non-hydrogen) atoms. The number of piperazine rings is 1. The van der Waals surface area contributed by atoms with Crippen molar-refractivity contribution in [2.24, 2.45) is 0 Å². The lowest BCUT2D eigenvalue weighted by Gasteiger charge is -2.32. The van der Waals surface area contributed by atoms with E-state index in [9.17, 15) is 4.79 Å². The SMILES string of the molecule is CN1CCN(C(=O)c2cnc3ccc(Cl)nn23)CC1. The van der Waals surface area contributed by atoms with E-state index >= 15 is 0 Å². The number of hydrogen-bond acceptors (Lipinski definition) is 4. The lowest BCUT2D eigenvalue weighted by Crippen LogP contribution is -2.47. The van der Waals surface area contributed by atoms with Crippen molar-refractivity contribution in [3.05, 3.63) is 29.2 Å². The number of imidazole rings is 1. The topological polar surface area (TPSA) is 53.7 Å². The van der Waals surface area contributed by atoms with Crippen LogP contribution in [0.3, 0.4) is 0 Å². The molecule has 1 fully saturated rings. The van der Waals surface area contributed by atoms with Crippen molar-refractivity contribution < 1.29 is 4.79 Å². The Morgan fingerprint density at radius 3 is 2.74 bits per heavy atom. The van der Waals surface area contributed by atoms with Crippen molar-refractivity contribution in [3.8, 4) is 0 Å². The summed E-state index contributed by atoms with van der Waals surface area (Å²) in [7, 11) is 2.05. The maximum atomic E-state index is 12.5. The molecule has 0 spiro atoms. The number of hydrogen-bond donors (Lipinski definition) is 0. The van der Waals surface area contributed by atoms with Crippen molar-refractivity contribution >= 4 is 23.2 Å². The van der Waals surface area contributed by atoms with Gasteiger partial charge < -0.3 is 9.80 Å². The summed E-state index contributed by atoms with van der Waals surface area (Å²) in [6.45, 7) is 3.22. The van der Waals surface area contributed by atoms with E-state index in [1.54, 1.807) is 18.3 Å². The highest BCUT2D eigenvalue weighted by Gasteiger charge is 2.23. The fourth-order valence-electron chi connectivity index (χ4n) is 2.17. The molecule has 1 aliphatic heterocycles. The number of likely N-dealkylation sites (N-methyl/N-ethyl adjacent to an activating group) is 1. The van der Waals surface area contributed by atoms with E-state index in [2.05, 4.69) is 22.0 Å². The smallest absolute Gasteiger partial charge is 0.274 e. The van der Waals surface area contributed by atoms with Crippen molar-refractivity contribution in [2.45, 2.75) is 0 Å². The first kappa shape index (κ1) is 12.4. The lowest BCUT2D eigenvalue weighted by molar-refractivity contribution is 0.0656. The van der Waals surface area contributed by atoms with Crippen molar-refractivity contribution in [2.75, 3.05) is 33.2 Å². The van der Waals surface area contributed by atoms with Gasteiger partial charge in [0.25, 0.3) is 5.91 Å². The highest BCUT2D eigenvalue weighted by atomic mass is 35.5. The van der Waals surface area contributed by atoms with Gasteiger partial charge in [-0.3, -0.25) is 4.79 Å². The molecule has 0 atom stereocenters. The van der Waals surface area contributed by atoms with Gasteiger partial charge in [-0.15, -0.1) is 0 Å². The average Bonchev–Trinajstić information content (AvgIpc) is 2.81. The molecule has 3 heterocycles. The summed E-state index contributed by atoms with van der Waals surface area (Å²) in [6, 6.07) is 3.41. The highest BCUT2D eigenvalue weighted by Crippen LogP contribution is 2.12. The average molecular weight is 280 g/mol. The Kier molecular flexibility index (Phi) is 3.12. The van der Waals surface area contributed by atoms with Gasteiger partial charge in [-0.05, 0) is 19.2 Å². The molecule has 0 unspecified atom stereocenters. The Labute approximate surface area is 115 Å². The van der Waals surface area contributed by atoms with E-state index in [1.165, 1.54) is 4.52 Å². The van der Waals surface area contributed by atoms with E-state index in [0.29, 0.717) is 16.5 Å². The quantitative estimate of drug-likeness (QED) is 0.774. The molecule has 0 saturated carbocycles. The van der Waals surface area contributed by atoms with Gasteiger partial charge in [-0.2, -0.15) is 5.10 Å². The molecule has 0 aliphatic carbocycles. The second-order valence-electron chi connectivity index (χ2n) is 4.66. The number of rotatable bonds is 1. The number of halogens is 1. The zero-order valence-corrected chi connectivity index (χ0v) is 11.3. The monoisotopic (exact) mass is 279 g/mol. The third-order valence-corrected chi connectivity index (χ3v) is 3.54. The summed E-state index contributed by atoms with van der Waals surface area (Å²) in [5, 5.41) is 4.47. The van der Waals surface area contributed by atoms with Crippen LogP contribution in [-0.2, 0) is 0 Å². The van der Waals surface area contributed by atoms with Crippen molar-refractivity contribution in [1.29, 1.82) is 0 Å². The van der Waals surface area contributed by atoms with Gasteiger partial charge in [0.15, 0.2) is 11.3 Å². The summed E-state index contributed by atoms with van der Waals surface area (Å²) >= 11 is 5.87. The Morgan fingerprint density at radius 1 is 1.26 bits per heavy atom. The third-order valence-electron chi connectivity index (χ3n) is 3.34. The lowest BCUT2D eigenvalue weighted by atomic mass is 10.3. The van der Waals surface area contributed by atoms with Crippen LogP contribution in [-0.4, -0.2) is 63.5 Å². The first-order valence-corrected chi connectivity index (χ1v) is 6.51. The summed E-state index contributed by atoms with van der Waals surface area (Å²) in [5.41, 5.74) is 1.09. The van der Waals surface area contributed by atoms with Gasteiger partial charge in [0.1, 0.15) is 5.15 Å². The number of fused-ring (bicyclic) bond motifs is 1. The molecule has 7 heteroatoms. The van der Waals surface area contributed by atoms with Gasteiger partial charge in [-0.1, -0.05) is 11.6 Å². The normalized spacial score (nSPS) is 17.1. The van der Waals surface area contributed by atoms with Gasteiger partial charge in [0.2, 0.25) is 0 Å². The summed E-state index contributed by atoms with van der Waals surface area (Å²) in [5.74, 6) is -0.0460. The molecule has 1 saturated heterocycles. The minimum absolute atomic E-state index is 0.0460. The van der Waals surface area contributed by atoms with Crippen LogP contribution in [0.5, 0.6) is 0 Å². The number of carbonyl (C=O) groups is 1. The fraction of sp³-hybridized carbons (Fsp3) is 0.417. The Hall–Kier alpha value is -1.66. The molecule has 0 radical (unpaired) electrons. The zero-order valence-electron chi connectivity index (χ0n) is 10.6. The van der Waals surface area contributed by atoms with E-state index < -0.39 is 0 Å². The second-order valence-corrected chi connectivity index (χ2v) is 5.05. The molecule has 2 aromatic rings. The second kappa shape index (κ2) is 4.79. The van der Waals surface area contributed by atoms with Gasteiger partial charge >= 0.3 is 0 Å². The van der Waals surface area contributed by atoms with E-state index in [1.807, 2.05) is 4.90 Å². The standard InChI is InChI=1S/C12H14ClN5O/c1-16-4-6-17(7-5-16)12(19)9-8-14-11-3-2-10(13)15-18(9)11/h2-3,8H,4-7H2,1H3. The highest BCUT2D eigenvalue weighted by molar-refractivity contribution is 6.29. The van der Waals surface area contributed by atoms with E-state index in [-0.39, 0.29) is 5.91 Å². The van der Waals surface area contributed by atoms with Crippen LogP contribution >= 0.6 is 11.6 Å². The predicted octanol–water partition coefficient (Wildman–Crippen LogP) is 0.770. The molecular weight excluding hydrogens is 266 g/mol. The van der Waals surface area contributed by atoms with Crippen LogP contribution in [0.2, 0.25) is 5.15 Å².